The topological polar surface area (TPSA) is 68.0 Å². The van der Waals surface area contributed by atoms with E-state index in [9.17, 15) is 4.79 Å². The van der Waals surface area contributed by atoms with Gasteiger partial charge in [0.25, 0.3) is 0 Å². The molecule has 1 aromatic heterocycles. The van der Waals surface area contributed by atoms with Crippen LogP contribution in [0, 0.1) is 5.92 Å². The highest BCUT2D eigenvalue weighted by atomic mass is 35.5. The molecule has 1 aliphatic carbocycles. The van der Waals surface area contributed by atoms with Gasteiger partial charge in [-0.05, 0) is 42.5 Å². The fourth-order valence-corrected chi connectivity index (χ4v) is 3.08. The van der Waals surface area contributed by atoms with Crippen molar-refractivity contribution in [1.82, 2.24) is 10.3 Å². The summed E-state index contributed by atoms with van der Waals surface area (Å²) in [6.07, 6.45) is 6.10. The number of aromatic nitrogens is 1. The highest BCUT2D eigenvalue weighted by molar-refractivity contribution is 5.85. The van der Waals surface area contributed by atoms with Gasteiger partial charge in [-0.15, -0.1) is 24.8 Å². The monoisotopic (exact) mass is 367 g/mol. The van der Waals surface area contributed by atoms with Crippen LogP contribution in [0.25, 0.3) is 0 Å². The molecule has 1 saturated carbocycles. The minimum Gasteiger partial charge on any atom is -0.345 e. The number of hydrogen-bond acceptors (Lipinski definition) is 3. The molecule has 130 valence electrons. The van der Waals surface area contributed by atoms with Gasteiger partial charge in [0.2, 0.25) is 5.91 Å². The van der Waals surface area contributed by atoms with E-state index < -0.39 is 0 Å². The molecule has 0 aliphatic heterocycles. The number of nitrogens with two attached hydrogens (primary N) is 1. The van der Waals surface area contributed by atoms with Gasteiger partial charge in [0, 0.05) is 24.4 Å². The molecule has 1 aromatic carbocycles. The zero-order valence-electron chi connectivity index (χ0n) is 13.3. The van der Waals surface area contributed by atoms with Crippen molar-refractivity contribution in [3.63, 3.8) is 0 Å². The molecule has 1 aliphatic rings. The van der Waals surface area contributed by atoms with Crippen molar-refractivity contribution < 1.29 is 4.79 Å². The number of rotatable bonds is 4. The molecule has 2 aromatic rings. The van der Waals surface area contributed by atoms with Crippen LogP contribution in [0.1, 0.15) is 36.4 Å². The summed E-state index contributed by atoms with van der Waals surface area (Å²) < 4.78 is 0. The van der Waals surface area contributed by atoms with Gasteiger partial charge < -0.3 is 11.1 Å². The summed E-state index contributed by atoms with van der Waals surface area (Å²) in [4.78, 5) is 16.6. The molecule has 1 heterocycles. The van der Waals surface area contributed by atoms with Gasteiger partial charge in [-0.25, -0.2) is 0 Å². The first kappa shape index (κ1) is 20.4. The van der Waals surface area contributed by atoms with E-state index in [-0.39, 0.29) is 48.7 Å². The Morgan fingerprint density at radius 1 is 1.04 bits per heavy atom. The molecule has 3 unspecified atom stereocenters. The first-order chi connectivity index (χ1) is 10.7. The maximum absolute atomic E-state index is 12.6. The molecule has 0 saturated heterocycles. The van der Waals surface area contributed by atoms with Crippen molar-refractivity contribution in [3.05, 3.63) is 66.0 Å². The van der Waals surface area contributed by atoms with Crippen LogP contribution in [0.5, 0.6) is 0 Å². The standard InChI is InChI=1S/C18H21N3O.2ClH/c19-16-7-6-15(12-16)18(22)21-17(13-4-2-1-3-5-13)14-8-10-20-11-9-14;;/h1-5,8-11,15-17H,6-7,12,19H2,(H,21,22);2*1H. The number of carbonyl (C=O) groups excluding carboxylic acids is 1. The van der Waals surface area contributed by atoms with E-state index in [2.05, 4.69) is 10.3 Å². The van der Waals surface area contributed by atoms with Crippen molar-refractivity contribution in [1.29, 1.82) is 0 Å². The smallest absolute Gasteiger partial charge is 0.223 e. The van der Waals surface area contributed by atoms with Crippen LogP contribution >= 0.6 is 24.8 Å². The molecule has 24 heavy (non-hydrogen) atoms. The van der Waals surface area contributed by atoms with Gasteiger partial charge in [0.1, 0.15) is 0 Å². The van der Waals surface area contributed by atoms with E-state index in [1.807, 2.05) is 42.5 Å². The zero-order chi connectivity index (χ0) is 15.4. The van der Waals surface area contributed by atoms with Crippen molar-refractivity contribution >= 4 is 30.7 Å². The summed E-state index contributed by atoms with van der Waals surface area (Å²) in [6.45, 7) is 0. The summed E-state index contributed by atoms with van der Waals surface area (Å²) in [5.41, 5.74) is 8.04. The maximum atomic E-state index is 12.6. The predicted molar refractivity (Wildman–Crippen MR) is 100 cm³/mol. The zero-order valence-corrected chi connectivity index (χ0v) is 14.9. The number of carbonyl (C=O) groups is 1. The molecule has 3 N–H and O–H groups in total. The first-order valence-corrected chi connectivity index (χ1v) is 7.75. The molecule has 0 radical (unpaired) electrons. The van der Waals surface area contributed by atoms with Crippen molar-refractivity contribution in [2.24, 2.45) is 11.7 Å². The van der Waals surface area contributed by atoms with Gasteiger partial charge in [-0.2, -0.15) is 0 Å². The van der Waals surface area contributed by atoms with Gasteiger partial charge in [-0.1, -0.05) is 30.3 Å². The lowest BCUT2D eigenvalue weighted by Crippen LogP contribution is -2.34. The minimum atomic E-state index is -0.145. The number of nitrogens with zero attached hydrogens (tertiary/aromatic N) is 1. The number of pyridine rings is 1. The third-order valence-corrected chi connectivity index (χ3v) is 4.30. The van der Waals surface area contributed by atoms with Crippen molar-refractivity contribution in [2.75, 3.05) is 0 Å². The third kappa shape index (κ3) is 4.94. The highest BCUT2D eigenvalue weighted by Gasteiger charge is 2.29. The van der Waals surface area contributed by atoms with E-state index >= 15 is 0 Å². The van der Waals surface area contributed by atoms with Gasteiger partial charge in [0.15, 0.2) is 0 Å². The molecule has 1 amide bonds. The fourth-order valence-electron chi connectivity index (χ4n) is 3.08. The van der Waals surface area contributed by atoms with Crippen LogP contribution < -0.4 is 11.1 Å². The molecular formula is C18H23Cl2N3O. The first-order valence-electron chi connectivity index (χ1n) is 7.75. The Labute approximate surface area is 155 Å². The Hall–Kier alpha value is -1.62. The van der Waals surface area contributed by atoms with E-state index in [0.29, 0.717) is 0 Å². The van der Waals surface area contributed by atoms with Gasteiger partial charge >= 0.3 is 0 Å². The summed E-state index contributed by atoms with van der Waals surface area (Å²) in [6, 6.07) is 13.9. The average Bonchev–Trinajstić information content (AvgIpc) is 3.01. The SMILES string of the molecule is Cl.Cl.NC1CCC(C(=O)NC(c2ccccc2)c2ccncc2)C1. The third-order valence-electron chi connectivity index (χ3n) is 4.30. The molecule has 6 heteroatoms. The van der Waals surface area contributed by atoms with E-state index in [0.717, 1.165) is 30.4 Å². The van der Waals surface area contributed by atoms with Crippen LogP contribution in [-0.2, 0) is 4.79 Å². The van der Waals surface area contributed by atoms with Crippen LogP contribution in [-0.4, -0.2) is 16.9 Å². The molecule has 3 rings (SSSR count). The lowest BCUT2D eigenvalue weighted by molar-refractivity contribution is -0.125. The van der Waals surface area contributed by atoms with Crippen molar-refractivity contribution in [3.8, 4) is 0 Å². The normalized spacial score (nSPS) is 20.4. The molecule has 4 nitrogen and oxygen atoms in total. The molecule has 0 spiro atoms. The summed E-state index contributed by atoms with van der Waals surface area (Å²) >= 11 is 0. The quantitative estimate of drug-likeness (QED) is 0.871. The Bertz CT molecular complexity index is 585. The van der Waals surface area contributed by atoms with Crippen LogP contribution in [0.2, 0.25) is 0 Å². The molecular weight excluding hydrogens is 345 g/mol. The Morgan fingerprint density at radius 2 is 1.67 bits per heavy atom. The largest absolute Gasteiger partial charge is 0.345 e. The lowest BCUT2D eigenvalue weighted by atomic mass is 9.98. The highest BCUT2D eigenvalue weighted by Crippen LogP contribution is 2.27. The second kappa shape index (κ2) is 9.62. The maximum Gasteiger partial charge on any atom is 0.223 e. The number of halogens is 2. The predicted octanol–water partition coefficient (Wildman–Crippen LogP) is 3.26. The summed E-state index contributed by atoms with van der Waals surface area (Å²) in [7, 11) is 0. The summed E-state index contributed by atoms with van der Waals surface area (Å²) in [5, 5.41) is 3.19. The molecule has 3 atom stereocenters. The lowest BCUT2D eigenvalue weighted by Gasteiger charge is -2.22. The van der Waals surface area contributed by atoms with Crippen LogP contribution in [0.15, 0.2) is 54.9 Å². The molecule has 1 fully saturated rings. The van der Waals surface area contributed by atoms with Gasteiger partial charge in [0.05, 0.1) is 6.04 Å². The second-order valence-corrected chi connectivity index (χ2v) is 5.90. The van der Waals surface area contributed by atoms with E-state index in [1.165, 1.54) is 0 Å². The second-order valence-electron chi connectivity index (χ2n) is 5.90. The molecule has 0 bridgehead atoms. The minimum absolute atomic E-state index is 0. The average molecular weight is 368 g/mol. The fraction of sp³-hybridized carbons (Fsp3) is 0.333. The van der Waals surface area contributed by atoms with E-state index in [1.54, 1.807) is 12.4 Å². The Balaban J connectivity index is 0.00000144. The number of nitrogens with one attached hydrogen (secondary N) is 1. The van der Waals surface area contributed by atoms with Gasteiger partial charge in [-0.3, -0.25) is 9.78 Å². The van der Waals surface area contributed by atoms with Crippen LogP contribution in [0.4, 0.5) is 0 Å². The van der Waals surface area contributed by atoms with E-state index in [4.69, 9.17) is 5.73 Å². The van der Waals surface area contributed by atoms with Crippen molar-refractivity contribution in [2.45, 2.75) is 31.3 Å². The van der Waals surface area contributed by atoms with Crippen LogP contribution in [0.3, 0.4) is 0 Å². The number of hydrogen-bond donors (Lipinski definition) is 2. The number of amides is 1. The Kier molecular flexibility index (Phi) is 8.19. The summed E-state index contributed by atoms with van der Waals surface area (Å²) in [5.74, 6) is 0.127. The number of benzene rings is 1. The Morgan fingerprint density at radius 3 is 2.25 bits per heavy atom.